The number of anilines is 1. The lowest BCUT2D eigenvalue weighted by atomic mass is 9.85. The van der Waals surface area contributed by atoms with Crippen molar-refractivity contribution >= 4 is 29.1 Å². The third-order valence-corrected chi connectivity index (χ3v) is 5.83. The lowest BCUT2D eigenvalue weighted by Crippen LogP contribution is -2.48. The number of benzene rings is 1. The van der Waals surface area contributed by atoms with Crippen LogP contribution in [-0.4, -0.2) is 33.6 Å². The number of hydrogen-bond donors (Lipinski definition) is 1. The minimum atomic E-state index is -0.922. The Morgan fingerprint density at radius 1 is 1.26 bits per heavy atom. The van der Waals surface area contributed by atoms with Crippen molar-refractivity contribution in [1.82, 2.24) is 4.90 Å². The summed E-state index contributed by atoms with van der Waals surface area (Å²) >= 11 is 0. The Hall–Kier alpha value is -3.03. The van der Waals surface area contributed by atoms with Crippen molar-refractivity contribution in [2.24, 2.45) is 23.7 Å². The van der Waals surface area contributed by atoms with Gasteiger partial charge in [-0.05, 0) is 30.7 Å². The number of nitro benzene ring substituents is 1. The number of imide groups is 1. The maximum atomic E-state index is 12.9. The number of rotatable bonds is 5. The highest BCUT2D eigenvalue weighted by molar-refractivity contribution is 6.10. The number of likely N-dealkylation sites (tertiary alicyclic amines) is 1. The third-order valence-electron chi connectivity index (χ3n) is 5.83. The van der Waals surface area contributed by atoms with E-state index in [1.54, 1.807) is 6.92 Å². The van der Waals surface area contributed by atoms with Gasteiger partial charge in [0.1, 0.15) is 6.04 Å². The van der Waals surface area contributed by atoms with E-state index in [1.807, 2.05) is 12.2 Å². The fraction of sp³-hybridized carbons (Fsp3) is 0.421. The molecule has 0 spiro atoms. The molecule has 5 unspecified atom stereocenters. The predicted molar refractivity (Wildman–Crippen MR) is 95.4 cm³/mol. The van der Waals surface area contributed by atoms with E-state index in [2.05, 4.69) is 5.32 Å². The maximum Gasteiger partial charge on any atom is 0.271 e. The molecule has 4 rings (SSSR count). The average Bonchev–Trinajstić information content (AvgIpc) is 3.32. The third kappa shape index (κ3) is 2.63. The molecular weight excluding hydrogens is 350 g/mol. The molecule has 2 fully saturated rings. The van der Waals surface area contributed by atoms with Gasteiger partial charge < -0.3 is 5.32 Å². The van der Waals surface area contributed by atoms with Crippen LogP contribution >= 0.6 is 0 Å². The standard InChI is InChI=1S/C19H19N3O5/c1-2-14(17(23)20-12-4-3-5-13(9-12)22(26)27)21-18(24)15-10-6-7-11(8-10)16(15)19(21)25/h3-7,9-11,14-16H,2,8H2,1H3,(H,20,23). The van der Waals surface area contributed by atoms with Gasteiger partial charge in [0.05, 0.1) is 16.8 Å². The molecule has 2 bridgehead atoms. The second kappa shape index (κ2) is 6.29. The van der Waals surface area contributed by atoms with E-state index < -0.39 is 16.9 Å². The first-order valence-corrected chi connectivity index (χ1v) is 9.03. The number of non-ortho nitro benzene ring substituents is 1. The fourth-order valence-electron chi connectivity index (χ4n) is 4.64. The minimum absolute atomic E-state index is 0.0822. The number of fused-ring (bicyclic) bond motifs is 5. The number of carbonyl (C=O) groups is 3. The summed E-state index contributed by atoms with van der Waals surface area (Å²) in [5, 5.41) is 13.5. The number of nitrogens with one attached hydrogen (secondary N) is 1. The van der Waals surface area contributed by atoms with Crippen LogP contribution in [0.4, 0.5) is 11.4 Å². The molecule has 1 saturated heterocycles. The molecule has 0 radical (unpaired) electrons. The molecule has 1 aliphatic heterocycles. The first-order chi connectivity index (χ1) is 12.9. The van der Waals surface area contributed by atoms with Crippen molar-refractivity contribution in [2.75, 3.05) is 5.32 Å². The van der Waals surface area contributed by atoms with Crippen molar-refractivity contribution in [3.05, 3.63) is 46.5 Å². The molecule has 1 aromatic rings. The highest BCUT2D eigenvalue weighted by atomic mass is 16.6. The predicted octanol–water partition coefficient (Wildman–Crippen LogP) is 2.12. The van der Waals surface area contributed by atoms with Gasteiger partial charge in [0.15, 0.2) is 0 Å². The second-order valence-corrected chi connectivity index (χ2v) is 7.27. The van der Waals surface area contributed by atoms with Gasteiger partial charge in [-0.2, -0.15) is 0 Å². The van der Waals surface area contributed by atoms with E-state index in [1.165, 1.54) is 24.3 Å². The summed E-state index contributed by atoms with van der Waals surface area (Å²) in [7, 11) is 0. The van der Waals surface area contributed by atoms with Gasteiger partial charge in [-0.25, -0.2) is 0 Å². The van der Waals surface area contributed by atoms with E-state index in [0.717, 1.165) is 11.3 Å². The van der Waals surface area contributed by atoms with E-state index in [9.17, 15) is 24.5 Å². The molecule has 3 aliphatic rings. The molecule has 27 heavy (non-hydrogen) atoms. The Labute approximate surface area is 155 Å². The molecule has 8 nitrogen and oxygen atoms in total. The Kier molecular flexibility index (Phi) is 4.05. The summed E-state index contributed by atoms with van der Waals surface area (Å²) in [5.74, 6) is -1.61. The highest BCUT2D eigenvalue weighted by Crippen LogP contribution is 2.53. The Bertz CT molecular complexity index is 850. The number of nitrogens with zero attached hydrogens (tertiary/aromatic N) is 2. The number of hydrogen-bond acceptors (Lipinski definition) is 5. The second-order valence-electron chi connectivity index (χ2n) is 7.27. The Balaban J connectivity index is 1.55. The van der Waals surface area contributed by atoms with Crippen molar-refractivity contribution in [3.8, 4) is 0 Å². The molecule has 3 amide bonds. The number of allylic oxidation sites excluding steroid dienone is 2. The highest BCUT2D eigenvalue weighted by Gasteiger charge is 2.60. The summed E-state index contributed by atoms with van der Waals surface area (Å²) in [6, 6.07) is 4.65. The molecule has 1 N–H and O–H groups in total. The van der Waals surface area contributed by atoms with E-state index in [4.69, 9.17) is 0 Å². The molecular formula is C19H19N3O5. The summed E-state index contributed by atoms with van der Waals surface area (Å²) in [5.41, 5.74) is 0.111. The molecule has 5 atom stereocenters. The average molecular weight is 369 g/mol. The fourth-order valence-corrected chi connectivity index (χ4v) is 4.64. The van der Waals surface area contributed by atoms with Gasteiger partial charge in [-0.15, -0.1) is 0 Å². The van der Waals surface area contributed by atoms with Gasteiger partial charge in [0.2, 0.25) is 17.7 Å². The molecule has 140 valence electrons. The summed E-state index contributed by atoms with van der Waals surface area (Å²) in [6.07, 6.45) is 5.12. The number of amides is 3. The zero-order valence-electron chi connectivity index (χ0n) is 14.7. The van der Waals surface area contributed by atoms with Crippen LogP contribution in [0.25, 0.3) is 0 Å². The largest absolute Gasteiger partial charge is 0.324 e. The molecule has 1 saturated carbocycles. The maximum absolute atomic E-state index is 12.9. The lowest BCUT2D eigenvalue weighted by molar-refractivity contribution is -0.384. The van der Waals surface area contributed by atoms with Crippen LogP contribution in [0.15, 0.2) is 36.4 Å². The summed E-state index contributed by atoms with van der Waals surface area (Å²) < 4.78 is 0. The summed E-state index contributed by atoms with van der Waals surface area (Å²) in [4.78, 5) is 50.0. The van der Waals surface area contributed by atoms with Crippen molar-refractivity contribution in [1.29, 1.82) is 0 Å². The Morgan fingerprint density at radius 3 is 2.44 bits per heavy atom. The molecule has 0 aromatic heterocycles. The summed E-state index contributed by atoms with van der Waals surface area (Å²) in [6.45, 7) is 1.74. The monoisotopic (exact) mass is 369 g/mol. The first kappa shape index (κ1) is 17.4. The zero-order chi connectivity index (χ0) is 19.3. The number of nitro groups is 1. The van der Waals surface area contributed by atoms with Crippen LogP contribution in [-0.2, 0) is 14.4 Å². The van der Waals surface area contributed by atoms with Crippen LogP contribution in [0.3, 0.4) is 0 Å². The topological polar surface area (TPSA) is 110 Å². The number of carbonyl (C=O) groups excluding carboxylic acids is 3. The van der Waals surface area contributed by atoms with Gasteiger partial charge in [0.25, 0.3) is 5.69 Å². The van der Waals surface area contributed by atoms with E-state index in [0.29, 0.717) is 0 Å². The van der Waals surface area contributed by atoms with Crippen molar-refractivity contribution < 1.29 is 19.3 Å². The van der Waals surface area contributed by atoms with E-state index >= 15 is 0 Å². The van der Waals surface area contributed by atoms with Gasteiger partial charge in [-0.3, -0.25) is 29.4 Å². The molecule has 1 heterocycles. The van der Waals surface area contributed by atoms with Crippen molar-refractivity contribution in [3.63, 3.8) is 0 Å². The van der Waals surface area contributed by atoms with Crippen LogP contribution in [0.1, 0.15) is 19.8 Å². The molecule has 1 aromatic carbocycles. The van der Waals surface area contributed by atoms with Crippen LogP contribution in [0.5, 0.6) is 0 Å². The normalized spacial score (nSPS) is 29.1. The zero-order valence-corrected chi connectivity index (χ0v) is 14.7. The van der Waals surface area contributed by atoms with Crippen molar-refractivity contribution in [2.45, 2.75) is 25.8 Å². The van der Waals surface area contributed by atoms with Gasteiger partial charge >= 0.3 is 0 Å². The molecule has 2 aliphatic carbocycles. The smallest absolute Gasteiger partial charge is 0.271 e. The quantitative estimate of drug-likeness (QED) is 0.370. The van der Waals surface area contributed by atoms with Crippen LogP contribution in [0.2, 0.25) is 0 Å². The van der Waals surface area contributed by atoms with Gasteiger partial charge in [0, 0.05) is 17.8 Å². The van der Waals surface area contributed by atoms with Gasteiger partial charge in [-0.1, -0.05) is 25.1 Å². The first-order valence-electron chi connectivity index (χ1n) is 9.03. The van der Waals surface area contributed by atoms with Crippen LogP contribution < -0.4 is 5.32 Å². The lowest BCUT2D eigenvalue weighted by Gasteiger charge is -2.26. The van der Waals surface area contributed by atoms with E-state index in [-0.39, 0.29) is 53.3 Å². The van der Waals surface area contributed by atoms with Crippen LogP contribution in [0, 0.1) is 33.8 Å². The SMILES string of the molecule is CCC(C(=O)Nc1cccc([N+](=O)[O-])c1)N1C(=O)C2C3C=CC(C3)C2C1=O. The molecule has 8 heteroatoms. The minimum Gasteiger partial charge on any atom is -0.324 e. The Morgan fingerprint density at radius 2 is 1.89 bits per heavy atom.